The van der Waals surface area contributed by atoms with Crippen molar-refractivity contribution in [3.8, 4) is 0 Å². The van der Waals surface area contributed by atoms with Crippen LogP contribution in [0.4, 0.5) is 5.95 Å². The zero-order valence-electron chi connectivity index (χ0n) is 13.4. The fourth-order valence-corrected chi connectivity index (χ4v) is 2.94. The molecule has 1 saturated carbocycles. The van der Waals surface area contributed by atoms with Gasteiger partial charge in [-0.1, -0.05) is 33.6 Å². The summed E-state index contributed by atoms with van der Waals surface area (Å²) >= 11 is 0. The van der Waals surface area contributed by atoms with Gasteiger partial charge in [0, 0.05) is 19.0 Å². The number of rotatable bonds is 6. The van der Waals surface area contributed by atoms with E-state index in [1.54, 1.807) is 0 Å². The van der Waals surface area contributed by atoms with Gasteiger partial charge in [0.2, 0.25) is 5.89 Å². The molecule has 2 heterocycles. The van der Waals surface area contributed by atoms with Crippen LogP contribution in [0.1, 0.15) is 64.7 Å². The molecule has 1 aliphatic heterocycles. The summed E-state index contributed by atoms with van der Waals surface area (Å²) in [7, 11) is 0. The van der Waals surface area contributed by atoms with Crippen LogP contribution >= 0.6 is 0 Å². The largest absolute Gasteiger partial charge is 0.371 e. The fourth-order valence-electron chi connectivity index (χ4n) is 2.94. The predicted octanol–water partition coefficient (Wildman–Crippen LogP) is 3.37. The Labute approximate surface area is 127 Å². The third kappa shape index (κ3) is 3.57. The van der Waals surface area contributed by atoms with Gasteiger partial charge >= 0.3 is 0 Å². The van der Waals surface area contributed by atoms with E-state index < -0.39 is 0 Å². The summed E-state index contributed by atoms with van der Waals surface area (Å²) in [5.74, 6) is 2.49. The molecule has 0 bridgehead atoms. The number of hydrogen-bond donors (Lipinski definition) is 0. The summed E-state index contributed by atoms with van der Waals surface area (Å²) in [6.07, 6.45) is 6.84. The monoisotopic (exact) mass is 293 g/mol. The van der Waals surface area contributed by atoms with E-state index >= 15 is 0 Å². The van der Waals surface area contributed by atoms with Crippen molar-refractivity contribution in [3.63, 3.8) is 0 Å². The van der Waals surface area contributed by atoms with E-state index in [9.17, 15) is 0 Å². The minimum Gasteiger partial charge on any atom is -0.371 e. The highest BCUT2D eigenvalue weighted by Gasteiger charge is 2.39. The van der Waals surface area contributed by atoms with Crippen LogP contribution in [-0.4, -0.2) is 35.4 Å². The van der Waals surface area contributed by atoms with Gasteiger partial charge in [0.1, 0.15) is 0 Å². The van der Waals surface area contributed by atoms with Crippen molar-refractivity contribution in [2.75, 3.05) is 18.0 Å². The standard InChI is InChI=1S/C16H27N3O2/c1-4-5-6-13-9-19(10-14(20-13)12-7-8-12)16-17-15(11(2)3)21-18-16/h11-14H,4-10H2,1-3H3/t13-,14-/m1/s1. The Morgan fingerprint density at radius 1 is 1.29 bits per heavy atom. The Morgan fingerprint density at radius 2 is 2.10 bits per heavy atom. The highest BCUT2D eigenvalue weighted by molar-refractivity contribution is 5.30. The Balaban J connectivity index is 1.69. The Kier molecular flexibility index (Phi) is 4.48. The molecule has 2 aliphatic rings. The molecule has 5 heteroatoms. The summed E-state index contributed by atoms with van der Waals surface area (Å²) < 4.78 is 11.7. The second-order valence-corrected chi connectivity index (χ2v) is 6.77. The maximum Gasteiger partial charge on any atom is 0.266 e. The van der Waals surface area contributed by atoms with Crippen molar-refractivity contribution in [2.45, 2.75) is 71.0 Å². The predicted molar refractivity (Wildman–Crippen MR) is 81.5 cm³/mol. The van der Waals surface area contributed by atoms with E-state index in [4.69, 9.17) is 9.26 Å². The minimum atomic E-state index is 0.280. The van der Waals surface area contributed by atoms with Crippen molar-refractivity contribution in [1.82, 2.24) is 10.1 Å². The van der Waals surface area contributed by atoms with E-state index in [2.05, 4.69) is 35.8 Å². The molecule has 5 nitrogen and oxygen atoms in total. The van der Waals surface area contributed by atoms with Gasteiger partial charge in [-0.05, 0) is 30.3 Å². The van der Waals surface area contributed by atoms with Gasteiger partial charge in [0.05, 0.1) is 12.2 Å². The summed E-state index contributed by atoms with van der Waals surface area (Å²) in [5.41, 5.74) is 0. The molecule has 3 rings (SSSR count). The number of unbranched alkanes of at least 4 members (excludes halogenated alkanes) is 1. The maximum absolute atomic E-state index is 6.29. The molecule has 0 radical (unpaired) electrons. The lowest BCUT2D eigenvalue weighted by Gasteiger charge is -2.37. The first kappa shape index (κ1) is 14.8. The molecule has 1 saturated heterocycles. The average Bonchev–Trinajstić information content (AvgIpc) is 3.21. The first-order valence-electron chi connectivity index (χ1n) is 8.41. The van der Waals surface area contributed by atoms with E-state index in [0.717, 1.165) is 37.3 Å². The molecule has 2 fully saturated rings. The van der Waals surface area contributed by atoms with Gasteiger partial charge in [-0.3, -0.25) is 0 Å². The highest BCUT2D eigenvalue weighted by atomic mass is 16.5. The Morgan fingerprint density at radius 3 is 2.71 bits per heavy atom. The molecule has 0 unspecified atom stereocenters. The lowest BCUT2D eigenvalue weighted by Crippen LogP contribution is -2.49. The van der Waals surface area contributed by atoms with E-state index in [1.165, 1.54) is 25.7 Å². The van der Waals surface area contributed by atoms with E-state index in [0.29, 0.717) is 12.2 Å². The highest BCUT2D eigenvalue weighted by Crippen LogP contribution is 2.37. The topological polar surface area (TPSA) is 51.4 Å². The first-order chi connectivity index (χ1) is 10.2. The van der Waals surface area contributed by atoms with Crippen LogP contribution in [0.2, 0.25) is 0 Å². The van der Waals surface area contributed by atoms with Gasteiger partial charge in [-0.25, -0.2) is 0 Å². The summed E-state index contributed by atoms with van der Waals surface area (Å²) in [5, 5.41) is 4.17. The lowest BCUT2D eigenvalue weighted by atomic mass is 10.1. The third-order valence-corrected chi connectivity index (χ3v) is 4.43. The number of morpholine rings is 1. The zero-order chi connectivity index (χ0) is 14.8. The second-order valence-electron chi connectivity index (χ2n) is 6.77. The van der Waals surface area contributed by atoms with Gasteiger partial charge in [0.15, 0.2) is 0 Å². The molecule has 0 N–H and O–H groups in total. The van der Waals surface area contributed by atoms with Crippen molar-refractivity contribution < 1.29 is 9.26 Å². The molecular formula is C16H27N3O2. The number of hydrogen-bond acceptors (Lipinski definition) is 5. The van der Waals surface area contributed by atoms with Gasteiger partial charge in [-0.2, -0.15) is 4.98 Å². The molecule has 21 heavy (non-hydrogen) atoms. The number of aromatic nitrogens is 2. The number of ether oxygens (including phenoxy) is 1. The van der Waals surface area contributed by atoms with Crippen molar-refractivity contribution in [3.05, 3.63) is 5.89 Å². The van der Waals surface area contributed by atoms with Crippen LogP contribution in [0.15, 0.2) is 4.52 Å². The average molecular weight is 293 g/mol. The quantitative estimate of drug-likeness (QED) is 0.805. The van der Waals surface area contributed by atoms with Crippen molar-refractivity contribution in [1.29, 1.82) is 0 Å². The third-order valence-electron chi connectivity index (χ3n) is 4.43. The van der Waals surface area contributed by atoms with Crippen LogP contribution in [0, 0.1) is 5.92 Å². The second kappa shape index (κ2) is 6.34. The Bertz CT molecular complexity index is 456. The fraction of sp³-hybridized carbons (Fsp3) is 0.875. The molecule has 0 aromatic carbocycles. The van der Waals surface area contributed by atoms with Crippen LogP contribution in [-0.2, 0) is 4.74 Å². The van der Waals surface area contributed by atoms with Gasteiger partial charge in [0.25, 0.3) is 5.95 Å². The summed E-state index contributed by atoms with van der Waals surface area (Å²) in [6.45, 7) is 8.18. The molecule has 1 aromatic rings. The molecule has 118 valence electrons. The normalized spacial score (nSPS) is 26.6. The summed E-state index contributed by atoms with van der Waals surface area (Å²) in [6, 6.07) is 0. The number of nitrogens with zero attached hydrogens (tertiary/aromatic N) is 3. The smallest absolute Gasteiger partial charge is 0.266 e. The molecule has 0 spiro atoms. The van der Waals surface area contributed by atoms with E-state index in [-0.39, 0.29) is 5.92 Å². The lowest BCUT2D eigenvalue weighted by molar-refractivity contribution is -0.0414. The van der Waals surface area contributed by atoms with E-state index in [1.807, 2.05) is 0 Å². The van der Waals surface area contributed by atoms with Crippen LogP contribution in [0.25, 0.3) is 0 Å². The van der Waals surface area contributed by atoms with Crippen LogP contribution < -0.4 is 4.90 Å². The summed E-state index contributed by atoms with van der Waals surface area (Å²) in [4.78, 5) is 6.82. The van der Waals surface area contributed by atoms with Crippen molar-refractivity contribution >= 4 is 5.95 Å². The van der Waals surface area contributed by atoms with Gasteiger partial charge < -0.3 is 14.2 Å². The van der Waals surface area contributed by atoms with Crippen molar-refractivity contribution in [2.24, 2.45) is 5.92 Å². The van der Waals surface area contributed by atoms with Crippen LogP contribution in [0.5, 0.6) is 0 Å². The molecule has 0 amide bonds. The molecular weight excluding hydrogens is 266 g/mol. The van der Waals surface area contributed by atoms with Crippen LogP contribution in [0.3, 0.4) is 0 Å². The van der Waals surface area contributed by atoms with Gasteiger partial charge in [-0.15, -0.1) is 0 Å². The molecule has 1 aromatic heterocycles. The maximum atomic E-state index is 6.29. The minimum absolute atomic E-state index is 0.280. The molecule has 2 atom stereocenters. The molecule has 1 aliphatic carbocycles. The SMILES string of the molecule is CCCC[C@@H]1CN(c2noc(C(C)C)n2)C[C@H](C2CC2)O1. The number of anilines is 1. The zero-order valence-corrected chi connectivity index (χ0v) is 13.4. The first-order valence-corrected chi connectivity index (χ1v) is 8.41. The Hall–Kier alpha value is -1.10.